The minimum atomic E-state index is -0.316. The molecule has 1 atom stereocenters. The van der Waals surface area contributed by atoms with Gasteiger partial charge in [0.1, 0.15) is 12.9 Å². The molecule has 1 fully saturated rings. The van der Waals surface area contributed by atoms with Crippen LogP contribution in [0.3, 0.4) is 0 Å². The average Bonchev–Trinajstić information content (AvgIpc) is 2.53. The summed E-state index contributed by atoms with van der Waals surface area (Å²) in [7, 11) is 0. The quantitative estimate of drug-likeness (QED) is 0.800. The molecule has 1 heterocycles. The highest BCUT2D eigenvalue weighted by molar-refractivity contribution is 6.30. The fourth-order valence-electron chi connectivity index (χ4n) is 2.21. The Hall–Kier alpha value is -1.59. The van der Waals surface area contributed by atoms with Gasteiger partial charge in [0, 0.05) is 31.2 Å². The van der Waals surface area contributed by atoms with E-state index in [0.717, 1.165) is 11.8 Å². The Kier molecular flexibility index (Phi) is 5.59. The molecule has 0 N–H and O–H groups in total. The van der Waals surface area contributed by atoms with E-state index in [1.165, 1.54) is 0 Å². The van der Waals surface area contributed by atoms with Crippen LogP contribution in [-0.2, 0) is 16.1 Å². The molecule has 0 spiro atoms. The van der Waals surface area contributed by atoms with Gasteiger partial charge in [-0.25, -0.2) is 4.79 Å². The van der Waals surface area contributed by atoms with Gasteiger partial charge >= 0.3 is 6.09 Å². The third kappa shape index (κ3) is 4.44. The lowest BCUT2D eigenvalue weighted by atomic mass is 10.2. The van der Waals surface area contributed by atoms with E-state index in [0.29, 0.717) is 31.2 Å². The first-order valence-corrected chi connectivity index (χ1v) is 7.33. The van der Waals surface area contributed by atoms with Crippen LogP contribution in [0.4, 0.5) is 4.79 Å². The van der Waals surface area contributed by atoms with E-state index in [-0.39, 0.29) is 18.7 Å². The maximum Gasteiger partial charge on any atom is 0.410 e. The summed E-state index contributed by atoms with van der Waals surface area (Å²) in [5.74, 6) is 0. The molecular formula is C15H19ClN2O3. The largest absolute Gasteiger partial charge is 0.445 e. The van der Waals surface area contributed by atoms with E-state index in [4.69, 9.17) is 16.3 Å². The average molecular weight is 311 g/mol. The van der Waals surface area contributed by atoms with Gasteiger partial charge in [0.2, 0.25) is 0 Å². The highest BCUT2D eigenvalue weighted by Gasteiger charge is 2.24. The van der Waals surface area contributed by atoms with Gasteiger partial charge in [0.05, 0.1) is 6.04 Å². The maximum absolute atomic E-state index is 12.0. The number of hydrogen-bond donors (Lipinski definition) is 0. The lowest BCUT2D eigenvalue weighted by Crippen LogP contribution is -2.51. The molecule has 0 saturated carbocycles. The summed E-state index contributed by atoms with van der Waals surface area (Å²) in [5, 5.41) is 0.658. The van der Waals surface area contributed by atoms with Crippen LogP contribution in [0.25, 0.3) is 0 Å². The summed E-state index contributed by atoms with van der Waals surface area (Å²) in [5.41, 5.74) is 0.904. The van der Waals surface area contributed by atoms with Crippen molar-refractivity contribution in [1.82, 2.24) is 9.80 Å². The van der Waals surface area contributed by atoms with Gasteiger partial charge in [-0.1, -0.05) is 23.7 Å². The molecular weight excluding hydrogens is 292 g/mol. The van der Waals surface area contributed by atoms with Crippen molar-refractivity contribution in [3.63, 3.8) is 0 Å². The van der Waals surface area contributed by atoms with Crippen molar-refractivity contribution < 1.29 is 14.3 Å². The smallest absolute Gasteiger partial charge is 0.410 e. The van der Waals surface area contributed by atoms with Crippen LogP contribution >= 0.6 is 11.6 Å². The van der Waals surface area contributed by atoms with Crippen molar-refractivity contribution >= 4 is 24.0 Å². The van der Waals surface area contributed by atoms with E-state index in [1.807, 2.05) is 19.1 Å². The first kappa shape index (κ1) is 15.8. The Balaban J connectivity index is 1.77. The first-order valence-electron chi connectivity index (χ1n) is 6.95. The SMILES string of the molecule is CC(C=O)N1CCN(C(=O)OCc2ccc(Cl)cc2)CC1. The number of benzene rings is 1. The van der Waals surface area contributed by atoms with Crippen LogP contribution in [-0.4, -0.2) is 54.4 Å². The van der Waals surface area contributed by atoms with Crippen molar-refractivity contribution in [2.75, 3.05) is 26.2 Å². The second-order valence-electron chi connectivity index (χ2n) is 5.08. The lowest BCUT2D eigenvalue weighted by Gasteiger charge is -2.35. The Labute approximate surface area is 129 Å². The molecule has 1 aliphatic heterocycles. The molecule has 114 valence electrons. The summed E-state index contributed by atoms with van der Waals surface area (Å²) in [6.07, 6.45) is 0.609. The Morgan fingerprint density at radius 1 is 1.29 bits per heavy atom. The normalized spacial score (nSPS) is 17.3. The molecule has 1 amide bonds. The molecule has 2 rings (SSSR count). The maximum atomic E-state index is 12.0. The zero-order valence-corrected chi connectivity index (χ0v) is 12.8. The minimum absolute atomic E-state index is 0.0998. The van der Waals surface area contributed by atoms with E-state index < -0.39 is 0 Å². The Morgan fingerprint density at radius 2 is 1.90 bits per heavy atom. The Morgan fingerprint density at radius 3 is 2.48 bits per heavy atom. The molecule has 5 nitrogen and oxygen atoms in total. The number of rotatable bonds is 4. The molecule has 21 heavy (non-hydrogen) atoms. The van der Waals surface area contributed by atoms with Crippen molar-refractivity contribution in [3.05, 3.63) is 34.9 Å². The summed E-state index contributed by atoms with van der Waals surface area (Å²) < 4.78 is 5.29. The van der Waals surface area contributed by atoms with Gasteiger partial charge in [0.15, 0.2) is 0 Å². The van der Waals surface area contributed by atoms with Gasteiger partial charge in [-0.3, -0.25) is 4.90 Å². The summed E-state index contributed by atoms with van der Waals surface area (Å²) in [4.78, 5) is 26.4. The third-order valence-corrected chi connectivity index (χ3v) is 3.87. The number of nitrogens with zero attached hydrogens (tertiary/aromatic N) is 2. The summed E-state index contributed by atoms with van der Waals surface area (Å²) in [6.45, 7) is 4.64. The van der Waals surface area contributed by atoms with Crippen LogP contribution in [0.5, 0.6) is 0 Å². The van der Waals surface area contributed by atoms with Crippen molar-refractivity contribution in [3.8, 4) is 0 Å². The second-order valence-corrected chi connectivity index (χ2v) is 5.52. The molecule has 1 unspecified atom stereocenters. The molecule has 6 heteroatoms. The van der Waals surface area contributed by atoms with Gasteiger partial charge < -0.3 is 14.4 Å². The number of hydrogen-bond acceptors (Lipinski definition) is 4. The van der Waals surface area contributed by atoms with E-state index in [1.54, 1.807) is 17.0 Å². The zero-order valence-electron chi connectivity index (χ0n) is 12.0. The number of carbonyl (C=O) groups is 2. The number of halogens is 1. The van der Waals surface area contributed by atoms with Crippen LogP contribution < -0.4 is 0 Å². The molecule has 0 aromatic heterocycles. The Bertz CT molecular complexity index is 484. The number of amides is 1. The lowest BCUT2D eigenvalue weighted by molar-refractivity contribution is -0.112. The van der Waals surface area contributed by atoms with Crippen LogP contribution in [0.15, 0.2) is 24.3 Å². The van der Waals surface area contributed by atoms with Crippen molar-refractivity contribution in [2.24, 2.45) is 0 Å². The predicted octanol–water partition coefficient (Wildman–Crippen LogP) is 2.18. The minimum Gasteiger partial charge on any atom is -0.445 e. The number of carbonyl (C=O) groups excluding carboxylic acids is 2. The number of piperazine rings is 1. The van der Waals surface area contributed by atoms with Gasteiger partial charge in [-0.05, 0) is 24.6 Å². The summed E-state index contributed by atoms with van der Waals surface area (Å²) in [6, 6.07) is 7.10. The standard InChI is InChI=1S/C15H19ClN2O3/c1-12(10-19)17-6-8-18(9-7-17)15(20)21-11-13-2-4-14(16)5-3-13/h2-5,10,12H,6-9,11H2,1H3. The highest BCUT2D eigenvalue weighted by Crippen LogP contribution is 2.12. The van der Waals surface area contributed by atoms with Crippen molar-refractivity contribution in [1.29, 1.82) is 0 Å². The van der Waals surface area contributed by atoms with E-state index in [9.17, 15) is 9.59 Å². The van der Waals surface area contributed by atoms with Gasteiger partial charge in [-0.2, -0.15) is 0 Å². The van der Waals surface area contributed by atoms with Crippen LogP contribution in [0.2, 0.25) is 5.02 Å². The molecule has 0 aliphatic carbocycles. The molecule has 1 aromatic rings. The molecule has 0 bridgehead atoms. The molecule has 0 radical (unpaired) electrons. The highest BCUT2D eigenvalue weighted by atomic mass is 35.5. The van der Waals surface area contributed by atoms with Crippen LogP contribution in [0, 0.1) is 0 Å². The van der Waals surface area contributed by atoms with Gasteiger partial charge in [-0.15, -0.1) is 0 Å². The summed E-state index contributed by atoms with van der Waals surface area (Å²) >= 11 is 5.80. The molecule has 1 saturated heterocycles. The fraction of sp³-hybridized carbons (Fsp3) is 0.467. The second kappa shape index (κ2) is 7.43. The van der Waals surface area contributed by atoms with E-state index in [2.05, 4.69) is 4.90 Å². The number of ether oxygens (including phenoxy) is 1. The van der Waals surface area contributed by atoms with Gasteiger partial charge in [0.25, 0.3) is 0 Å². The topological polar surface area (TPSA) is 49.9 Å². The zero-order chi connectivity index (χ0) is 15.2. The molecule has 1 aromatic carbocycles. The van der Waals surface area contributed by atoms with Crippen molar-refractivity contribution in [2.45, 2.75) is 19.6 Å². The monoisotopic (exact) mass is 310 g/mol. The first-order chi connectivity index (χ1) is 10.1. The number of aldehydes is 1. The third-order valence-electron chi connectivity index (χ3n) is 3.62. The fourth-order valence-corrected chi connectivity index (χ4v) is 2.34. The molecule has 1 aliphatic rings. The van der Waals surface area contributed by atoms with Crippen LogP contribution in [0.1, 0.15) is 12.5 Å². The predicted molar refractivity (Wildman–Crippen MR) is 80.3 cm³/mol. The van der Waals surface area contributed by atoms with E-state index >= 15 is 0 Å².